The molecule has 3 unspecified atom stereocenters. The molecule has 1 N–H and O–H groups in total. The number of fused-ring (bicyclic) bond motifs is 3. The Kier molecular flexibility index (Phi) is 5.86. The van der Waals surface area contributed by atoms with Crippen molar-refractivity contribution in [1.29, 1.82) is 0 Å². The number of rotatable bonds is 4. The van der Waals surface area contributed by atoms with Gasteiger partial charge in [-0.1, -0.05) is 6.07 Å². The highest BCUT2D eigenvalue weighted by atomic mass is 19.4. The molecular formula is C24H20F5N5O. The molecule has 6 nitrogen and oxygen atoms in total. The number of alkyl halides is 3. The molecule has 1 amide bonds. The van der Waals surface area contributed by atoms with Crippen molar-refractivity contribution in [2.24, 2.45) is 5.92 Å². The number of nitrogens with zero attached hydrogens (tertiary/aromatic N) is 4. The molecule has 3 fully saturated rings. The predicted molar refractivity (Wildman–Crippen MR) is 116 cm³/mol. The van der Waals surface area contributed by atoms with Gasteiger partial charge in [0.2, 0.25) is 0 Å². The number of pyridine rings is 1. The second-order valence-corrected chi connectivity index (χ2v) is 8.74. The van der Waals surface area contributed by atoms with Crippen LogP contribution in [-0.2, 0) is 6.18 Å². The first kappa shape index (κ1) is 23.1. The molecule has 35 heavy (non-hydrogen) atoms. The summed E-state index contributed by atoms with van der Waals surface area (Å²) in [5.74, 6) is -2.27. The minimum atomic E-state index is -4.70. The van der Waals surface area contributed by atoms with Crippen LogP contribution < -0.4 is 5.32 Å². The average Bonchev–Trinajstić information content (AvgIpc) is 2.85. The molecule has 3 atom stereocenters. The van der Waals surface area contributed by atoms with Crippen LogP contribution in [0, 0.1) is 17.6 Å². The van der Waals surface area contributed by atoms with Crippen molar-refractivity contribution < 1.29 is 26.7 Å². The fourth-order valence-electron chi connectivity index (χ4n) is 4.97. The van der Waals surface area contributed by atoms with Gasteiger partial charge in [0.15, 0.2) is 17.5 Å². The smallest absolute Gasteiger partial charge is 0.363 e. The van der Waals surface area contributed by atoms with Gasteiger partial charge in [-0.2, -0.15) is 13.2 Å². The number of hydrogen-bond acceptors (Lipinski definition) is 5. The Bertz CT molecular complexity index is 1250. The average molecular weight is 489 g/mol. The lowest BCUT2D eigenvalue weighted by Crippen LogP contribution is -2.60. The van der Waals surface area contributed by atoms with Gasteiger partial charge in [0.25, 0.3) is 5.91 Å². The zero-order chi connectivity index (χ0) is 24.7. The number of amides is 1. The summed E-state index contributed by atoms with van der Waals surface area (Å²) >= 11 is 0. The van der Waals surface area contributed by atoms with Crippen molar-refractivity contribution >= 4 is 11.7 Å². The summed E-state index contributed by atoms with van der Waals surface area (Å²) in [5.41, 5.74) is -1.06. The molecule has 2 saturated heterocycles. The van der Waals surface area contributed by atoms with Crippen LogP contribution >= 0.6 is 0 Å². The van der Waals surface area contributed by atoms with E-state index in [4.69, 9.17) is 0 Å². The van der Waals surface area contributed by atoms with Crippen LogP contribution in [0.2, 0.25) is 0 Å². The van der Waals surface area contributed by atoms with Crippen molar-refractivity contribution in [2.45, 2.75) is 37.5 Å². The highest BCUT2D eigenvalue weighted by Gasteiger charge is 2.44. The van der Waals surface area contributed by atoms with Crippen LogP contribution in [0.3, 0.4) is 0 Å². The van der Waals surface area contributed by atoms with Crippen LogP contribution in [0.25, 0.3) is 11.4 Å². The molecule has 11 heteroatoms. The van der Waals surface area contributed by atoms with E-state index in [9.17, 15) is 26.7 Å². The molecule has 1 aromatic carbocycles. The molecule has 2 aliphatic heterocycles. The topological polar surface area (TPSA) is 71.0 Å². The fraction of sp³-hybridized carbons (Fsp3) is 0.333. The van der Waals surface area contributed by atoms with E-state index >= 15 is 0 Å². The van der Waals surface area contributed by atoms with E-state index in [0.29, 0.717) is 31.6 Å². The second-order valence-electron chi connectivity index (χ2n) is 8.74. The van der Waals surface area contributed by atoms with Crippen molar-refractivity contribution in [3.63, 3.8) is 0 Å². The summed E-state index contributed by atoms with van der Waals surface area (Å²) in [7, 11) is 0. The number of carbonyl (C=O) groups is 1. The molecule has 3 aromatic rings. The second kappa shape index (κ2) is 8.86. The first-order chi connectivity index (χ1) is 16.7. The third-order valence-corrected chi connectivity index (χ3v) is 6.56. The molecule has 3 aliphatic rings. The molecule has 0 spiro atoms. The van der Waals surface area contributed by atoms with Gasteiger partial charge in [-0.25, -0.2) is 23.7 Å². The molecule has 1 saturated carbocycles. The van der Waals surface area contributed by atoms with Gasteiger partial charge in [-0.3, -0.25) is 4.79 Å². The number of hydrogen-bond donors (Lipinski definition) is 1. The third kappa shape index (κ3) is 4.42. The van der Waals surface area contributed by atoms with E-state index in [2.05, 4.69) is 20.3 Å². The lowest BCUT2D eigenvalue weighted by molar-refractivity contribution is -0.138. The maximum Gasteiger partial charge on any atom is 0.417 e. The highest BCUT2D eigenvalue weighted by Crippen LogP contribution is 2.39. The normalized spacial score (nSPS) is 21.7. The fourth-order valence-corrected chi connectivity index (χ4v) is 4.97. The number of halogens is 5. The number of carbonyl (C=O) groups excluding carboxylic acids is 1. The van der Waals surface area contributed by atoms with Crippen LogP contribution in [-0.4, -0.2) is 44.4 Å². The molecule has 1 aliphatic carbocycles. The van der Waals surface area contributed by atoms with Gasteiger partial charge < -0.3 is 10.2 Å². The minimum absolute atomic E-state index is 0.000457. The van der Waals surface area contributed by atoms with E-state index in [0.717, 1.165) is 6.42 Å². The van der Waals surface area contributed by atoms with Gasteiger partial charge in [0, 0.05) is 31.2 Å². The molecule has 6 rings (SSSR count). The predicted octanol–water partition coefficient (Wildman–Crippen LogP) is 4.94. The van der Waals surface area contributed by atoms with E-state index in [-0.39, 0.29) is 34.7 Å². The summed E-state index contributed by atoms with van der Waals surface area (Å²) in [6.07, 6.45) is 0.859. The molecule has 2 bridgehead atoms. The summed E-state index contributed by atoms with van der Waals surface area (Å²) < 4.78 is 67.8. The Labute approximate surface area is 197 Å². The van der Waals surface area contributed by atoms with Gasteiger partial charge in [0.05, 0.1) is 22.7 Å². The third-order valence-electron chi connectivity index (χ3n) is 6.56. The van der Waals surface area contributed by atoms with Gasteiger partial charge in [-0.05, 0) is 49.4 Å². The van der Waals surface area contributed by atoms with Crippen LogP contribution in [0.5, 0.6) is 0 Å². The van der Waals surface area contributed by atoms with Gasteiger partial charge >= 0.3 is 6.18 Å². The lowest BCUT2D eigenvalue weighted by Gasteiger charge is -2.50. The molecular weight excluding hydrogens is 469 g/mol. The minimum Gasteiger partial charge on any atom is -0.363 e. The largest absolute Gasteiger partial charge is 0.417 e. The van der Waals surface area contributed by atoms with E-state index in [1.165, 1.54) is 30.6 Å². The highest BCUT2D eigenvalue weighted by molar-refractivity contribution is 6.00. The molecule has 0 radical (unpaired) electrons. The summed E-state index contributed by atoms with van der Waals surface area (Å²) in [6, 6.07) is 5.37. The lowest BCUT2D eigenvalue weighted by atomic mass is 9.76. The number of piperidine rings is 2. The number of benzene rings is 1. The molecule has 182 valence electrons. The van der Waals surface area contributed by atoms with Crippen molar-refractivity contribution in [2.75, 3.05) is 11.9 Å². The van der Waals surface area contributed by atoms with E-state index < -0.39 is 35.3 Å². The number of nitrogens with one attached hydrogen (secondary N) is 1. The molecule has 2 aromatic heterocycles. The first-order valence-electron chi connectivity index (χ1n) is 11.1. The maximum absolute atomic E-state index is 14.8. The maximum atomic E-state index is 14.8. The Morgan fingerprint density at radius 2 is 1.80 bits per heavy atom. The quantitative estimate of drug-likeness (QED) is 0.526. The van der Waals surface area contributed by atoms with Gasteiger partial charge in [-0.15, -0.1) is 0 Å². The number of aromatic nitrogens is 3. The Balaban J connectivity index is 1.42. The van der Waals surface area contributed by atoms with Gasteiger partial charge in [0.1, 0.15) is 5.82 Å². The Morgan fingerprint density at radius 3 is 2.49 bits per heavy atom. The standard InChI is InChI=1S/C24H20F5N5O/c25-16-4-1-3-15(20(16)22-30-7-2-8-31-22)23(35)34-12-13-5-6-19(34)18(9-13)33-21-17(26)10-14(11-32-21)24(27,28)29/h1-4,7-8,10-11,13,18-19H,5-6,9,12H2,(H,32,33). The van der Waals surface area contributed by atoms with Crippen LogP contribution in [0.1, 0.15) is 35.2 Å². The Morgan fingerprint density at radius 1 is 1.03 bits per heavy atom. The number of anilines is 1. The van der Waals surface area contributed by atoms with Crippen molar-refractivity contribution in [1.82, 2.24) is 19.9 Å². The monoisotopic (exact) mass is 489 g/mol. The first-order valence-corrected chi connectivity index (χ1v) is 11.1. The van der Waals surface area contributed by atoms with Crippen LogP contribution in [0.4, 0.5) is 27.8 Å². The van der Waals surface area contributed by atoms with Crippen LogP contribution in [0.15, 0.2) is 48.9 Å². The SMILES string of the molecule is O=C(c1cccc(F)c1-c1ncccn1)N1CC2CCC1C(Nc1ncc(C(F)(F)F)cc1F)C2. The Hall–Kier alpha value is -3.63. The van der Waals surface area contributed by atoms with E-state index in [1.54, 1.807) is 11.0 Å². The van der Waals surface area contributed by atoms with Crippen molar-refractivity contribution in [3.05, 3.63) is 71.7 Å². The zero-order valence-corrected chi connectivity index (χ0v) is 18.3. The molecule has 4 heterocycles. The van der Waals surface area contributed by atoms with E-state index in [1.807, 2.05) is 0 Å². The summed E-state index contributed by atoms with van der Waals surface area (Å²) in [4.78, 5) is 27.1. The summed E-state index contributed by atoms with van der Waals surface area (Å²) in [5, 5.41) is 2.91. The zero-order valence-electron chi connectivity index (χ0n) is 18.3. The van der Waals surface area contributed by atoms with Crippen molar-refractivity contribution in [3.8, 4) is 11.4 Å². The summed E-state index contributed by atoms with van der Waals surface area (Å²) in [6.45, 7) is 0.441.